The molecule has 0 spiro atoms. The Morgan fingerprint density at radius 3 is 2.04 bits per heavy atom. The molecule has 0 aliphatic carbocycles. The highest BCUT2D eigenvalue weighted by Crippen LogP contribution is 2.29. The maximum absolute atomic E-state index is 12.6. The van der Waals surface area contributed by atoms with Gasteiger partial charge in [0.15, 0.2) is 11.6 Å². The number of rotatable bonds is 6. The minimum Gasteiger partial charge on any atom is -0.496 e. The molecular weight excluding hydrogens is 368 g/mol. The van der Waals surface area contributed by atoms with E-state index in [9.17, 15) is 4.79 Å². The lowest BCUT2D eigenvalue weighted by molar-refractivity contribution is 0.102. The number of methoxy groups -OCH3 is 2. The molecule has 0 radical (unpaired) electrons. The zero-order valence-electron chi connectivity index (χ0n) is 14.7. The number of amides is 1. The van der Waals surface area contributed by atoms with E-state index < -0.39 is 5.91 Å². The van der Waals surface area contributed by atoms with E-state index in [2.05, 4.69) is 20.8 Å². The van der Waals surface area contributed by atoms with Crippen LogP contribution < -0.4 is 20.1 Å². The standard InChI is InChI=1S/C19H17ClN4O3/c1-26-14-4-3-5-15(27-2)18(14)19(25)22-17-11-10-16(23-24-17)21-13-8-6-12(20)7-9-13/h3-11H,1-2H3,(H,21,23)(H,22,24,25). The molecule has 27 heavy (non-hydrogen) atoms. The number of halogens is 1. The van der Waals surface area contributed by atoms with Gasteiger partial charge in [-0.1, -0.05) is 17.7 Å². The topological polar surface area (TPSA) is 85.4 Å². The number of nitrogens with zero attached hydrogens (tertiary/aromatic N) is 2. The zero-order valence-corrected chi connectivity index (χ0v) is 15.4. The van der Waals surface area contributed by atoms with Gasteiger partial charge in [0, 0.05) is 10.7 Å². The quantitative estimate of drug-likeness (QED) is 0.664. The van der Waals surface area contributed by atoms with Gasteiger partial charge >= 0.3 is 0 Å². The van der Waals surface area contributed by atoms with Crippen LogP contribution in [0.3, 0.4) is 0 Å². The van der Waals surface area contributed by atoms with Crippen molar-refractivity contribution in [2.75, 3.05) is 24.9 Å². The number of aromatic nitrogens is 2. The van der Waals surface area contributed by atoms with E-state index in [1.807, 2.05) is 12.1 Å². The van der Waals surface area contributed by atoms with Gasteiger partial charge in [-0.15, -0.1) is 10.2 Å². The molecule has 3 rings (SSSR count). The average Bonchev–Trinajstić information content (AvgIpc) is 2.70. The molecule has 0 atom stereocenters. The first-order valence-corrected chi connectivity index (χ1v) is 8.37. The molecule has 3 aromatic rings. The summed E-state index contributed by atoms with van der Waals surface area (Å²) >= 11 is 5.86. The Kier molecular flexibility index (Phi) is 5.73. The van der Waals surface area contributed by atoms with Crippen LogP contribution >= 0.6 is 11.6 Å². The van der Waals surface area contributed by atoms with E-state index in [1.54, 1.807) is 42.5 Å². The van der Waals surface area contributed by atoms with Crippen molar-refractivity contribution in [2.45, 2.75) is 0 Å². The summed E-state index contributed by atoms with van der Waals surface area (Å²) in [7, 11) is 2.98. The molecule has 0 bridgehead atoms. The van der Waals surface area contributed by atoms with Crippen LogP contribution in [0.25, 0.3) is 0 Å². The number of hydrogen-bond acceptors (Lipinski definition) is 6. The molecule has 138 valence electrons. The van der Waals surface area contributed by atoms with Crippen LogP contribution in [0.15, 0.2) is 54.6 Å². The van der Waals surface area contributed by atoms with Gasteiger partial charge in [-0.3, -0.25) is 4.79 Å². The predicted octanol–water partition coefficient (Wildman–Crippen LogP) is 4.14. The van der Waals surface area contributed by atoms with E-state index in [-0.39, 0.29) is 5.56 Å². The Labute approximate surface area is 161 Å². The van der Waals surface area contributed by atoms with Gasteiger partial charge in [0.05, 0.1) is 14.2 Å². The van der Waals surface area contributed by atoms with Crippen LogP contribution in [-0.2, 0) is 0 Å². The summed E-state index contributed by atoms with van der Waals surface area (Å²) in [6.07, 6.45) is 0. The van der Waals surface area contributed by atoms with Gasteiger partial charge < -0.3 is 20.1 Å². The van der Waals surface area contributed by atoms with E-state index in [0.29, 0.717) is 28.2 Å². The first-order chi connectivity index (χ1) is 13.1. The van der Waals surface area contributed by atoms with Crippen LogP contribution in [0.4, 0.5) is 17.3 Å². The van der Waals surface area contributed by atoms with Crippen molar-refractivity contribution in [1.82, 2.24) is 10.2 Å². The maximum atomic E-state index is 12.6. The van der Waals surface area contributed by atoms with Crippen molar-refractivity contribution >= 4 is 34.8 Å². The smallest absolute Gasteiger partial charge is 0.264 e. The van der Waals surface area contributed by atoms with Crippen molar-refractivity contribution in [3.63, 3.8) is 0 Å². The molecular formula is C19H17ClN4O3. The molecule has 0 aliphatic heterocycles. The lowest BCUT2D eigenvalue weighted by Gasteiger charge is -2.12. The van der Waals surface area contributed by atoms with Crippen molar-refractivity contribution in [1.29, 1.82) is 0 Å². The third-order valence-electron chi connectivity index (χ3n) is 3.68. The summed E-state index contributed by atoms with van der Waals surface area (Å²) in [6.45, 7) is 0. The SMILES string of the molecule is COc1cccc(OC)c1C(=O)Nc1ccc(Nc2ccc(Cl)cc2)nn1. The number of nitrogens with one attached hydrogen (secondary N) is 2. The highest BCUT2D eigenvalue weighted by atomic mass is 35.5. The molecule has 0 aliphatic rings. The summed E-state index contributed by atoms with van der Waals surface area (Å²) in [5, 5.41) is 14.5. The van der Waals surface area contributed by atoms with Crippen LogP contribution in [0.5, 0.6) is 11.5 Å². The van der Waals surface area contributed by atoms with Crippen molar-refractivity contribution in [2.24, 2.45) is 0 Å². The monoisotopic (exact) mass is 384 g/mol. The summed E-state index contributed by atoms with van der Waals surface area (Å²) in [5.41, 5.74) is 1.11. The third kappa shape index (κ3) is 4.45. The number of hydrogen-bond donors (Lipinski definition) is 2. The maximum Gasteiger partial charge on any atom is 0.264 e. The van der Waals surface area contributed by atoms with E-state index in [4.69, 9.17) is 21.1 Å². The van der Waals surface area contributed by atoms with Gasteiger partial charge in [0.2, 0.25) is 0 Å². The number of ether oxygens (including phenoxy) is 2. The normalized spacial score (nSPS) is 10.2. The number of anilines is 3. The highest BCUT2D eigenvalue weighted by Gasteiger charge is 2.18. The summed E-state index contributed by atoms with van der Waals surface area (Å²) < 4.78 is 10.5. The molecule has 2 N–H and O–H groups in total. The second-order valence-corrected chi connectivity index (χ2v) is 5.86. The van der Waals surface area contributed by atoms with Gasteiger partial charge in [0.1, 0.15) is 17.1 Å². The highest BCUT2D eigenvalue weighted by molar-refractivity contribution is 6.30. The second kappa shape index (κ2) is 8.37. The Bertz CT molecular complexity index is 908. The van der Waals surface area contributed by atoms with Crippen LogP contribution in [0, 0.1) is 0 Å². The minimum absolute atomic E-state index is 0.285. The average molecular weight is 385 g/mol. The van der Waals surface area contributed by atoms with E-state index in [1.165, 1.54) is 14.2 Å². The third-order valence-corrected chi connectivity index (χ3v) is 3.93. The summed E-state index contributed by atoms with van der Waals surface area (Å²) in [4.78, 5) is 12.6. The Balaban J connectivity index is 1.73. The van der Waals surface area contributed by atoms with Gasteiger partial charge in [0.25, 0.3) is 5.91 Å². The Morgan fingerprint density at radius 2 is 1.48 bits per heavy atom. The second-order valence-electron chi connectivity index (χ2n) is 5.43. The minimum atomic E-state index is -0.406. The van der Waals surface area contributed by atoms with E-state index in [0.717, 1.165) is 5.69 Å². The van der Waals surface area contributed by atoms with Gasteiger partial charge in [-0.2, -0.15) is 0 Å². The van der Waals surface area contributed by atoms with Crippen molar-refractivity contribution in [3.8, 4) is 11.5 Å². The molecule has 1 aromatic heterocycles. The predicted molar refractivity (Wildman–Crippen MR) is 104 cm³/mol. The molecule has 1 amide bonds. The first kappa shape index (κ1) is 18.5. The first-order valence-electron chi connectivity index (χ1n) is 7.99. The fourth-order valence-electron chi connectivity index (χ4n) is 2.40. The van der Waals surface area contributed by atoms with Crippen LogP contribution in [0.2, 0.25) is 5.02 Å². The summed E-state index contributed by atoms with van der Waals surface area (Å²) in [5.74, 6) is 1.23. The molecule has 8 heteroatoms. The molecule has 2 aromatic carbocycles. The number of carbonyl (C=O) groups excluding carboxylic acids is 1. The lowest BCUT2D eigenvalue weighted by Crippen LogP contribution is -2.15. The van der Waals surface area contributed by atoms with Gasteiger partial charge in [-0.25, -0.2) is 0 Å². The lowest BCUT2D eigenvalue weighted by atomic mass is 10.1. The molecule has 0 fully saturated rings. The molecule has 1 heterocycles. The van der Waals surface area contributed by atoms with E-state index >= 15 is 0 Å². The fourth-order valence-corrected chi connectivity index (χ4v) is 2.53. The molecule has 0 saturated carbocycles. The van der Waals surface area contributed by atoms with Crippen LogP contribution in [0.1, 0.15) is 10.4 Å². The molecule has 7 nitrogen and oxygen atoms in total. The molecule has 0 saturated heterocycles. The molecule has 0 unspecified atom stereocenters. The number of benzene rings is 2. The summed E-state index contributed by atoms with van der Waals surface area (Å²) in [6, 6.07) is 15.7. The zero-order chi connectivity index (χ0) is 19.2. The van der Waals surface area contributed by atoms with Crippen LogP contribution in [-0.4, -0.2) is 30.3 Å². The fraction of sp³-hybridized carbons (Fsp3) is 0.105. The number of carbonyl (C=O) groups is 1. The Morgan fingerprint density at radius 1 is 0.889 bits per heavy atom. The largest absolute Gasteiger partial charge is 0.496 e. The Hall–Kier alpha value is -3.32. The van der Waals surface area contributed by atoms with Gasteiger partial charge in [-0.05, 0) is 48.5 Å². The van der Waals surface area contributed by atoms with Crippen molar-refractivity contribution in [3.05, 3.63) is 65.2 Å². The van der Waals surface area contributed by atoms with Crippen molar-refractivity contribution < 1.29 is 14.3 Å².